The Bertz CT molecular complexity index is 1400. The first kappa shape index (κ1) is 22.2. The van der Waals surface area contributed by atoms with Crippen molar-refractivity contribution in [1.82, 2.24) is 14.9 Å². The molecule has 0 aliphatic heterocycles. The zero-order chi connectivity index (χ0) is 24.5. The van der Waals surface area contributed by atoms with Crippen LogP contribution in [0.4, 0.5) is 14.6 Å². The predicted molar refractivity (Wildman–Crippen MR) is 130 cm³/mol. The Balaban J connectivity index is 1.47. The molecular weight excluding hydrogens is 450 g/mol. The van der Waals surface area contributed by atoms with Gasteiger partial charge in [0.05, 0.1) is 11.1 Å². The summed E-state index contributed by atoms with van der Waals surface area (Å²) in [5.74, 6) is 0.506. The molecule has 182 valence electrons. The third-order valence-electron chi connectivity index (χ3n) is 8.00. The number of benzene rings is 1. The summed E-state index contributed by atoms with van der Waals surface area (Å²) in [6.07, 6.45) is 6.70. The van der Waals surface area contributed by atoms with E-state index in [4.69, 9.17) is 0 Å². The second-order valence-corrected chi connectivity index (χ2v) is 10.9. The van der Waals surface area contributed by atoms with Crippen molar-refractivity contribution >= 4 is 22.8 Å². The zero-order valence-corrected chi connectivity index (χ0v) is 19.8. The number of halogens is 2. The number of nitrogens with one attached hydrogen (secondary N) is 2. The number of nitrogens with zero attached hydrogens (tertiary/aromatic N) is 2. The molecule has 2 N–H and O–H groups in total. The normalized spacial score (nSPS) is 26.6. The molecule has 1 aromatic carbocycles. The highest BCUT2D eigenvalue weighted by Crippen LogP contribution is 2.59. The summed E-state index contributed by atoms with van der Waals surface area (Å²) in [5, 5.41) is 6.58. The first-order chi connectivity index (χ1) is 16.7. The van der Waals surface area contributed by atoms with Crippen molar-refractivity contribution in [2.75, 3.05) is 5.32 Å². The lowest BCUT2D eigenvalue weighted by Crippen LogP contribution is -2.51. The van der Waals surface area contributed by atoms with E-state index < -0.39 is 23.0 Å². The average Bonchev–Trinajstić information content (AvgIpc) is 3.19. The van der Waals surface area contributed by atoms with Crippen LogP contribution in [0.15, 0.2) is 41.3 Å². The van der Waals surface area contributed by atoms with E-state index >= 15 is 0 Å². The van der Waals surface area contributed by atoms with Crippen molar-refractivity contribution in [3.05, 3.63) is 63.9 Å². The standard InChI is InChI=1S/C27H28F2N4O2/c1-14(2)30-23-6-4-19-24(34)20(13-33(25(19)31-23)22-5-3-18(28)9-21(22)29)26(35)32-27-10-15-7-16(11-27)17(8-15)12-27/h3-6,9,13-17H,7-8,10-12H2,1-2H3,(H,30,31)(H,32,35). The fourth-order valence-electron chi connectivity index (χ4n) is 6.87. The topological polar surface area (TPSA) is 76.0 Å². The van der Waals surface area contributed by atoms with Crippen molar-refractivity contribution in [3.8, 4) is 5.69 Å². The largest absolute Gasteiger partial charge is 0.368 e. The summed E-state index contributed by atoms with van der Waals surface area (Å²) in [6.45, 7) is 3.91. The molecule has 4 fully saturated rings. The van der Waals surface area contributed by atoms with Gasteiger partial charge in [0.15, 0.2) is 5.65 Å². The highest BCUT2D eigenvalue weighted by Gasteiger charge is 2.56. The number of carbonyl (C=O) groups is 1. The van der Waals surface area contributed by atoms with E-state index in [1.807, 2.05) is 13.8 Å². The molecule has 35 heavy (non-hydrogen) atoms. The Kier molecular flexibility index (Phi) is 4.99. The molecule has 8 heteroatoms. The van der Waals surface area contributed by atoms with Crippen LogP contribution in [0.5, 0.6) is 0 Å². The van der Waals surface area contributed by atoms with Crippen LogP contribution in [0, 0.1) is 29.4 Å². The molecule has 0 saturated heterocycles. The number of hydrogen-bond acceptors (Lipinski definition) is 4. The first-order valence-corrected chi connectivity index (χ1v) is 12.3. The van der Waals surface area contributed by atoms with Gasteiger partial charge in [0.2, 0.25) is 5.43 Å². The van der Waals surface area contributed by atoms with E-state index in [1.54, 1.807) is 12.1 Å². The van der Waals surface area contributed by atoms with Crippen LogP contribution in [0.25, 0.3) is 16.7 Å². The molecule has 2 unspecified atom stereocenters. The molecule has 4 aliphatic carbocycles. The lowest BCUT2D eigenvalue weighted by Gasteiger charge is -2.39. The summed E-state index contributed by atoms with van der Waals surface area (Å²) in [7, 11) is 0. The van der Waals surface area contributed by atoms with Gasteiger partial charge in [0.1, 0.15) is 23.0 Å². The molecule has 2 aromatic heterocycles. The van der Waals surface area contributed by atoms with E-state index in [0.29, 0.717) is 23.6 Å². The van der Waals surface area contributed by atoms with Crippen LogP contribution in [-0.4, -0.2) is 27.0 Å². The number of hydrogen-bond donors (Lipinski definition) is 2. The van der Waals surface area contributed by atoms with Gasteiger partial charge in [0.25, 0.3) is 5.91 Å². The molecule has 2 atom stereocenters. The molecule has 2 heterocycles. The van der Waals surface area contributed by atoms with E-state index in [-0.39, 0.29) is 33.9 Å². The molecular formula is C27H28F2N4O2. The first-order valence-electron chi connectivity index (χ1n) is 12.3. The Morgan fingerprint density at radius 3 is 2.51 bits per heavy atom. The Morgan fingerprint density at radius 1 is 1.11 bits per heavy atom. The van der Waals surface area contributed by atoms with Gasteiger partial charge in [-0.15, -0.1) is 0 Å². The quantitative estimate of drug-likeness (QED) is 0.553. The smallest absolute Gasteiger partial charge is 0.257 e. The highest BCUT2D eigenvalue weighted by molar-refractivity contribution is 5.97. The summed E-state index contributed by atoms with van der Waals surface area (Å²) in [4.78, 5) is 31.5. The van der Waals surface area contributed by atoms with Gasteiger partial charge in [0, 0.05) is 23.8 Å². The maximum absolute atomic E-state index is 14.9. The number of aromatic nitrogens is 2. The van der Waals surface area contributed by atoms with Crippen LogP contribution in [0.2, 0.25) is 0 Å². The van der Waals surface area contributed by atoms with Crippen molar-refractivity contribution in [2.24, 2.45) is 17.8 Å². The molecule has 3 aromatic rings. The molecule has 4 bridgehead atoms. The van der Waals surface area contributed by atoms with Crippen LogP contribution < -0.4 is 16.1 Å². The SMILES string of the molecule is CC(C)Nc1ccc2c(=O)c(C(=O)NC34CC5CC(C3)C(C5)C4)cn(-c3ccc(F)cc3F)c2n1. The Morgan fingerprint density at radius 2 is 1.86 bits per heavy atom. The molecule has 0 radical (unpaired) electrons. The van der Waals surface area contributed by atoms with Gasteiger partial charge in [-0.25, -0.2) is 13.8 Å². The minimum absolute atomic E-state index is 0.0117. The van der Waals surface area contributed by atoms with Crippen LogP contribution in [-0.2, 0) is 0 Å². The molecule has 7 rings (SSSR count). The monoisotopic (exact) mass is 478 g/mol. The number of amides is 1. The fourth-order valence-corrected chi connectivity index (χ4v) is 6.87. The van der Waals surface area contributed by atoms with Crippen LogP contribution in [0.3, 0.4) is 0 Å². The molecule has 6 nitrogen and oxygen atoms in total. The second-order valence-electron chi connectivity index (χ2n) is 10.9. The Labute approximate surface area is 201 Å². The number of fused-ring (bicyclic) bond motifs is 1. The van der Waals surface area contributed by atoms with Gasteiger partial charge < -0.3 is 10.6 Å². The number of pyridine rings is 2. The third-order valence-corrected chi connectivity index (χ3v) is 8.00. The van der Waals surface area contributed by atoms with Gasteiger partial charge in [-0.2, -0.15) is 0 Å². The summed E-state index contributed by atoms with van der Waals surface area (Å²) < 4.78 is 29.9. The molecule has 1 amide bonds. The van der Waals surface area contributed by atoms with Gasteiger partial charge in [-0.05, 0) is 88.0 Å². The number of rotatable bonds is 5. The number of carbonyl (C=O) groups excluding carboxylic acids is 1. The summed E-state index contributed by atoms with van der Waals surface area (Å²) >= 11 is 0. The molecule has 0 spiro atoms. The lowest BCUT2D eigenvalue weighted by atomic mass is 9.75. The molecule has 4 aliphatic rings. The van der Waals surface area contributed by atoms with Crippen LogP contribution >= 0.6 is 0 Å². The highest BCUT2D eigenvalue weighted by atomic mass is 19.1. The van der Waals surface area contributed by atoms with E-state index in [2.05, 4.69) is 15.6 Å². The van der Waals surface area contributed by atoms with E-state index in [1.165, 1.54) is 29.7 Å². The lowest BCUT2D eigenvalue weighted by molar-refractivity contribution is 0.0844. The van der Waals surface area contributed by atoms with Crippen molar-refractivity contribution < 1.29 is 13.6 Å². The van der Waals surface area contributed by atoms with E-state index in [0.717, 1.165) is 31.4 Å². The average molecular weight is 479 g/mol. The van der Waals surface area contributed by atoms with Crippen LogP contribution in [0.1, 0.15) is 56.3 Å². The summed E-state index contributed by atoms with van der Waals surface area (Å²) in [6, 6.07) is 6.57. The van der Waals surface area contributed by atoms with Gasteiger partial charge >= 0.3 is 0 Å². The fraction of sp³-hybridized carbons (Fsp3) is 0.444. The number of anilines is 1. The van der Waals surface area contributed by atoms with Crippen molar-refractivity contribution in [3.63, 3.8) is 0 Å². The third kappa shape index (κ3) is 3.70. The summed E-state index contributed by atoms with van der Waals surface area (Å²) in [5.41, 5.74) is -0.570. The second kappa shape index (κ2) is 7.86. The zero-order valence-electron chi connectivity index (χ0n) is 19.8. The Hall–Kier alpha value is -3.29. The minimum Gasteiger partial charge on any atom is -0.368 e. The predicted octanol–water partition coefficient (Wildman–Crippen LogP) is 4.79. The van der Waals surface area contributed by atoms with Crippen molar-refractivity contribution in [2.45, 2.75) is 57.5 Å². The van der Waals surface area contributed by atoms with Crippen molar-refractivity contribution in [1.29, 1.82) is 0 Å². The van der Waals surface area contributed by atoms with Gasteiger partial charge in [-0.1, -0.05) is 0 Å². The minimum atomic E-state index is -0.810. The van der Waals surface area contributed by atoms with E-state index in [9.17, 15) is 18.4 Å². The maximum atomic E-state index is 14.9. The maximum Gasteiger partial charge on any atom is 0.257 e. The molecule has 4 saturated carbocycles. The van der Waals surface area contributed by atoms with Gasteiger partial charge in [-0.3, -0.25) is 14.2 Å².